The Balaban J connectivity index is 0.00000341. The first kappa shape index (κ1) is 26.7. The predicted molar refractivity (Wildman–Crippen MR) is 144 cm³/mol. The minimum Gasteiger partial charge on any atom is -0.379 e. The second kappa shape index (κ2) is 13.9. The van der Waals surface area contributed by atoms with Gasteiger partial charge in [-0.1, -0.05) is 30.3 Å². The van der Waals surface area contributed by atoms with Crippen molar-refractivity contribution in [1.29, 1.82) is 0 Å². The normalized spacial score (nSPS) is 23.4. The van der Waals surface area contributed by atoms with Gasteiger partial charge in [0.2, 0.25) is 0 Å². The van der Waals surface area contributed by atoms with Crippen LogP contribution in [0, 0.1) is 0 Å². The molecule has 2 unspecified atom stereocenters. The van der Waals surface area contributed by atoms with Gasteiger partial charge in [-0.2, -0.15) is 11.8 Å². The summed E-state index contributed by atoms with van der Waals surface area (Å²) in [5, 5.41) is 7.15. The van der Waals surface area contributed by atoms with E-state index in [9.17, 15) is 0 Å². The topological polar surface area (TPSA) is 52.1 Å². The molecule has 2 heterocycles. The van der Waals surface area contributed by atoms with Gasteiger partial charge < -0.3 is 15.4 Å². The monoisotopic (exact) mass is 561 g/mol. The van der Waals surface area contributed by atoms with E-state index in [1.54, 1.807) is 0 Å². The number of nitrogens with one attached hydrogen (secondary N) is 2. The van der Waals surface area contributed by atoms with Crippen molar-refractivity contribution < 1.29 is 4.74 Å². The number of hydrogen-bond donors (Lipinski definition) is 2. The third-order valence-electron chi connectivity index (χ3n) is 6.45. The van der Waals surface area contributed by atoms with Gasteiger partial charge in [-0.25, -0.2) is 0 Å². The molecule has 3 rings (SSSR count). The largest absolute Gasteiger partial charge is 0.379 e. The van der Waals surface area contributed by atoms with Crippen molar-refractivity contribution in [3.63, 3.8) is 0 Å². The first-order valence-corrected chi connectivity index (χ1v) is 12.4. The van der Waals surface area contributed by atoms with Gasteiger partial charge in [-0.15, -0.1) is 24.0 Å². The fourth-order valence-corrected chi connectivity index (χ4v) is 5.73. The molecule has 2 saturated heterocycles. The molecule has 0 saturated carbocycles. The number of halogens is 1. The zero-order valence-electron chi connectivity index (χ0n) is 19.3. The van der Waals surface area contributed by atoms with E-state index in [-0.39, 0.29) is 29.5 Å². The Bertz CT molecular complexity index is 651. The summed E-state index contributed by atoms with van der Waals surface area (Å²) in [6.45, 7) is 8.93. The molecule has 8 heteroatoms. The summed E-state index contributed by atoms with van der Waals surface area (Å²) in [6.07, 6.45) is 2.32. The van der Waals surface area contributed by atoms with Crippen LogP contribution in [0.5, 0.6) is 0 Å². The second-order valence-electron chi connectivity index (χ2n) is 8.52. The maximum Gasteiger partial charge on any atom is 0.191 e. The van der Waals surface area contributed by atoms with E-state index in [1.165, 1.54) is 23.5 Å². The molecule has 0 amide bonds. The summed E-state index contributed by atoms with van der Waals surface area (Å²) in [5.41, 5.74) is 1.59. The van der Waals surface area contributed by atoms with Gasteiger partial charge in [0, 0.05) is 57.1 Å². The van der Waals surface area contributed by atoms with Gasteiger partial charge >= 0.3 is 0 Å². The van der Waals surface area contributed by atoms with E-state index in [0.717, 1.165) is 58.3 Å². The molecule has 2 aliphatic rings. The number of ether oxygens (including phenoxy) is 1. The van der Waals surface area contributed by atoms with Gasteiger partial charge in [0.05, 0.1) is 13.2 Å². The second-order valence-corrected chi connectivity index (χ2v) is 9.62. The maximum absolute atomic E-state index is 5.57. The van der Waals surface area contributed by atoms with Crippen LogP contribution < -0.4 is 10.6 Å². The summed E-state index contributed by atoms with van der Waals surface area (Å²) >= 11 is 2.07. The molecule has 0 aliphatic carbocycles. The standard InChI is InChI=1S/C23H39N5OS.HI/c1-20(27(3)17-21-7-5-4-6-8-21)9-11-25-22(24-2)26-18-23(10-16-30-19-23)28-12-14-29-15-13-28;/h4-8,20H,9-19H2,1-3H3,(H2,24,25,26);1H. The molecule has 6 nitrogen and oxygen atoms in total. The highest BCUT2D eigenvalue weighted by molar-refractivity contribution is 14.0. The molecule has 0 aromatic heterocycles. The van der Waals surface area contributed by atoms with Crippen molar-refractivity contribution in [2.75, 3.05) is 65.0 Å². The summed E-state index contributed by atoms with van der Waals surface area (Å²) in [4.78, 5) is 9.51. The molecule has 1 aromatic rings. The van der Waals surface area contributed by atoms with Crippen LogP contribution >= 0.6 is 35.7 Å². The third-order valence-corrected chi connectivity index (χ3v) is 7.69. The van der Waals surface area contributed by atoms with Crippen molar-refractivity contribution in [3.8, 4) is 0 Å². The van der Waals surface area contributed by atoms with E-state index in [4.69, 9.17) is 4.74 Å². The van der Waals surface area contributed by atoms with E-state index >= 15 is 0 Å². The number of morpholine rings is 1. The average molecular weight is 562 g/mol. The van der Waals surface area contributed by atoms with Crippen LogP contribution in [0.2, 0.25) is 0 Å². The Kier molecular flexibility index (Phi) is 11.9. The summed E-state index contributed by atoms with van der Waals surface area (Å²) in [5.74, 6) is 3.35. The average Bonchev–Trinajstić information content (AvgIpc) is 3.27. The van der Waals surface area contributed by atoms with Gasteiger partial charge in [0.1, 0.15) is 0 Å². The number of nitrogens with zero attached hydrogens (tertiary/aromatic N) is 3. The van der Waals surface area contributed by atoms with Crippen LogP contribution in [0.25, 0.3) is 0 Å². The SMILES string of the molecule is CN=C(NCCC(C)N(C)Cc1ccccc1)NCC1(N2CCOCC2)CCSC1.I. The Morgan fingerprint density at radius 2 is 2.00 bits per heavy atom. The fraction of sp³-hybridized carbons (Fsp3) is 0.696. The molecule has 0 spiro atoms. The van der Waals surface area contributed by atoms with Crippen LogP contribution in [0.4, 0.5) is 0 Å². The molecular formula is C23H40IN5OS. The molecule has 2 aliphatic heterocycles. The van der Waals surface area contributed by atoms with Crippen LogP contribution in [0.15, 0.2) is 35.3 Å². The third kappa shape index (κ3) is 8.07. The Hall–Kier alpha value is -0.550. The van der Waals surface area contributed by atoms with Crippen molar-refractivity contribution in [2.45, 2.75) is 37.9 Å². The van der Waals surface area contributed by atoms with Crippen LogP contribution in [0.1, 0.15) is 25.3 Å². The highest BCUT2D eigenvalue weighted by Crippen LogP contribution is 2.33. The Labute approximate surface area is 210 Å². The van der Waals surface area contributed by atoms with Crippen molar-refractivity contribution in [2.24, 2.45) is 4.99 Å². The highest BCUT2D eigenvalue weighted by atomic mass is 127. The Morgan fingerprint density at radius 1 is 1.26 bits per heavy atom. The minimum absolute atomic E-state index is 0. The van der Waals surface area contributed by atoms with E-state index in [0.29, 0.717) is 6.04 Å². The van der Waals surface area contributed by atoms with Gasteiger partial charge in [-0.3, -0.25) is 14.8 Å². The minimum atomic E-state index is 0. The molecule has 2 fully saturated rings. The first-order valence-electron chi connectivity index (χ1n) is 11.2. The van der Waals surface area contributed by atoms with Gasteiger partial charge in [0.25, 0.3) is 0 Å². The highest BCUT2D eigenvalue weighted by Gasteiger charge is 2.40. The number of guanidine groups is 1. The predicted octanol–water partition coefficient (Wildman–Crippen LogP) is 2.89. The number of benzene rings is 1. The number of aliphatic imine (C=N–C) groups is 1. The number of thioether (sulfide) groups is 1. The molecule has 31 heavy (non-hydrogen) atoms. The fourth-order valence-electron chi connectivity index (χ4n) is 4.25. The molecular weight excluding hydrogens is 521 g/mol. The van der Waals surface area contributed by atoms with E-state index in [2.05, 4.69) is 81.5 Å². The maximum atomic E-state index is 5.57. The van der Waals surface area contributed by atoms with Crippen LogP contribution in [-0.4, -0.2) is 92.3 Å². The summed E-state index contributed by atoms with van der Waals surface area (Å²) in [6, 6.07) is 11.2. The molecule has 176 valence electrons. The number of rotatable bonds is 9. The lowest BCUT2D eigenvalue weighted by Gasteiger charge is -2.43. The molecule has 0 bridgehead atoms. The lowest BCUT2D eigenvalue weighted by atomic mass is 9.95. The van der Waals surface area contributed by atoms with Gasteiger partial charge in [-0.05, 0) is 38.1 Å². The molecule has 2 N–H and O–H groups in total. The van der Waals surface area contributed by atoms with Gasteiger partial charge in [0.15, 0.2) is 5.96 Å². The molecule has 1 aromatic carbocycles. The smallest absolute Gasteiger partial charge is 0.191 e. The summed E-state index contributed by atoms with van der Waals surface area (Å²) < 4.78 is 5.57. The van der Waals surface area contributed by atoms with Crippen LogP contribution in [-0.2, 0) is 11.3 Å². The zero-order valence-corrected chi connectivity index (χ0v) is 22.5. The van der Waals surface area contributed by atoms with Crippen molar-refractivity contribution in [1.82, 2.24) is 20.4 Å². The van der Waals surface area contributed by atoms with Crippen molar-refractivity contribution in [3.05, 3.63) is 35.9 Å². The van der Waals surface area contributed by atoms with Crippen molar-refractivity contribution >= 4 is 41.7 Å². The number of hydrogen-bond acceptors (Lipinski definition) is 5. The molecule has 0 radical (unpaired) electrons. The van der Waals surface area contributed by atoms with E-state index < -0.39 is 0 Å². The summed E-state index contributed by atoms with van der Waals surface area (Å²) in [7, 11) is 4.07. The lowest BCUT2D eigenvalue weighted by molar-refractivity contribution is -0.0120. The quantitative estimate of drug-likeness (QED) is 0.275. The Morgan fingerprint density at radius 3 is 2.65 bits per heavy atom. The first-order chi connectivity index (χ1) is 14.6. The zero-order chi connectivity index (χ0) is 21.2. The molecule has 2 atom stereocenters. The lowest BCUT2D eigenvalue weighted by Crippen LogP contribution is -2.60. The van der Waals surface area contributed by atoms with E-state index in [1.807, 2.05) is 7.05 Å². The van der Waals surface area contributed by atoms with Crippen LogP contribution in [0.3, 0.4) is 0 Å².